The van der Waals surface area contributed by atoms with Crippen molar-refractivity contribution >= 4 is 11.6 Å². The van der Waals surface area contributed by atoms with E-state index in [0.29, 0.717) is 11.4 Å². The third-order valence-electron chi connectivity index (χ3n) is 2.62. The van der Waals surface area contributed by atoms with Crippen molar-refractivity contribution in [3.8, 4) is 0 Å². The summed E-state index contributed by atoms with van der Waals surface area (Å²) in [5.41, 5.74) is -0.343. The molecule has 1 amide bonds. The molecule has 0 aliphatic rings. The van der Waals surface area contributed by atoms with Gasteiger partial charge in [0.25, 0.3) is 5.91 Å². The second kappa shape index (κ2) is 7.26. The summed E-state index contributed by atoms with van der Waals surface area (Å²) in [5, 5.41) is 11.4. The van der Waals surface area contributed by atoms with Gasteiger partial charge in [0.2, 0.25) is 0 Å². The summed E-state index contributed by atoms with van der Waals surface area (Å²) in [6.45, 7) is -0.634. The Morgan fingerprint density at radius 3 is 2.57 bits per heavy atom. The zero-order chi connectivity index (χ0) is 16.0. The van der Waals surface area contributed by atoms with E-state index in [9.17, 15) is 22.4 Å². The van der Waals surface area contributed by atoms with Crippen molar-refractivity contribution < 1.29 is 27.5 Å². The summed E-state index contributed by atoms with van der Waals surface area (Å²) < 4.78 is 51.1. The molecule has 1 aromatic rings. The van der Waals surface area contributed by atoms with Crippen LogP contribution in [0.4, 0.5) is 23.2 Å². The summed E-state index contributed by atoms with van der Waals surface area (Å²) >= 11 is 0. The number of hydrogen-bond donors (Lipinski definition) is 2. The van der Waals surface area contributed by atoms with Crippen LogP contribution >= 0.6 is 0 Å². The molecular weight excluding hydrogens is 292 g/mol. The van der Waals surface area contributed by atoms with E-state index < -0.39 is 37.6 Å². The van der Waals surface area contributed by atoms with Crippen molar-refractivity contribution in [1.82, 2.24) is 4.90 Å². The van der Waals surface area contributed by atoms with Crippen LogP contribution in [0.25, 0.3) is 0 Å². The second-order valence-corrected chi connectivity index (χ2v) is 4.26. The van der Waals surface area contributed by atoms with Crippen molar-refractivity contribution in [3.63, 3.8) is 0 Å². The first-order valence-corrected chi connectivity index (χ1v) is 6.29. The average molecular weight is 308 g/mol. The molecule has 0 spiro atoms. The SMILES string of the molecule is CCNc1c(F)cccc1C(=O)N(CCO)CC(F)(F)F. The number of benzene rings is 1. The summed E-state index contributed by atoms with van der Waals surface area (Å²) in [6, 6.07) is 3.59. The Balaban J connectivity index is 3.11. The van der Waals surface area contributed by atoms with Crippen molar-refractivity contribution in [2.24, 2.45) is 0 Å². The molecule has 2 N–H and O–H groups in total. The number of nitrogens with zero attached hydrogens (tertiary/aromatic N) is 1. The summed E-state index contributed by atoms with van der Waals surface area (Å²) in [5.74, 6) is -1.71. The number of hydrogen-bond acceptors (Lipinski definition) is 3. The Labute approximate surface area is 119 Å². The molecule has 4 nitrogen and oxygen atoms in total. The molecule has 0 aliphatic carbocycles. The fourth-order valence-corrected chi connectivity index (χ4v) is 1.82. The van der Waals surface area contributed by atoms with E-state index in [1.165, 1.54) is 12.1 Å². The number of rotatable bonds is 6. The van der Waals surface area contributed by atoms with E-state index in [2.05, 4.69) is 5.32 Å². The molecule has 0 fully saturated rings. The molecule has 0 unspecified atom stereocenters. The third kappa shape index (κ3) is 4.89. The van der Waals surface area contributed by atoms with Crippen LogP contribution in [0.15, 0.2) is 18.2 Å². The van der Waals surface area contributed by atoms with Gasteiger partial charge in [-0.05, 0) is 19.1 Å². The van der Waals surface area contributed by atoms with Crippen LogP contribution in [0, 0.1) is 5.82 Å². The Bertz CT molecular complexity index is 492. The van der Waals surface area contributed by atoms with Crippen molar-refractivity contribution in [2.75, 3.05) is 31.6 Å². The van der Waals surface area contributed by atoms with E-state index in [4.69, 9.17) is 5.11 Å². The Morgan fingerprint density at radius 2 is 2.05 bits per heavy atom. The van der Waals surface area contributed by atoms with Gasteiger partial charge in [0.1, 0.15) is 12.4 Å². The Morgan fingerprint density at radius 1 is 1.38 bits per heavy atom. The first-order valence-electron chi connectivity index (χ1n) is 6.29. The van der Waals surface area contributed by atoms with Crippen LogP contribution in [-0.2, 0) is 0 Å². The first-order chi connectivity index (χ1) is 9.80. The van der Waals surface area contributed by atoms with Gasteiger partial charge in [-0.1, -0.05) is 6.07 Å². The highest BCUT2D eigenvalue weighted by atomic mass is 19.4. The number of halogens is 4. The summed E-state index contributed by atoms with van der Waals surface area (Å²) in [7, 11) is 0. The largest absolute Gasteiger partial charge is 0.406 e. The number of alkyl halides is 3. The Hall–Kier alpha value is -1.83. The van der Waals surface area contributed by atoms with Crippen molar-refractivity contribution in [3.05, 3.63) is 29.6 Å². The predicted octanol–water partition coefficient (Wildman–Crippen LogP) is 2.25. The quantitative estimate of drug-likeness (QED) is 0.793. The van der Waals surface area contributed by atoms with Gasteiger partial charge < -0.3 is 15.3 Å². The number of carbonyl (C=O) groups is 1. The number of aliphatic hydroxyl groups is 1. The highest BCUT2D eigenvalue weighted by Crippen LogP contribution is 2.23. The first kappa shape index (κ1) is 17.2. The van der Waals surface area contributed by atoms with E-state index >= 15 is 0 Å². The number of anilines is 1. The molecule has 21 heavy (non-hydrogen) atoms. The standard InChI is InChI=1S/C13H16F4N2O2/c1-2-18-11-9(4-3-5-10(11)14)12(21)19(6-7-20)8-13(15,16)17/h3-5,18,20H,2,6-8H2,1H3. The van der Waals surface area contributed by atoms with Gasteiger partial charge in [-0.3, -0.25) is 4.79 Å². The van der Waals surface area contributed by atoms with Crippen LogP contribution in [0.1, 0.15) is 17.3 Å². The predicted molar refractivity (Wildman–Crippen MR) is 69.6 cm³/mol. The smallest absolute Gasteiger partial charge is 0.395 e. The molecule has 1 rings (SSSR count). The molecule has 8 heteroatoms. The van der Waals surface area contributed by atoms with Crippen molar-refractivity contribution in [2.45, 2.75) is 13.1 Å². The highest BCUT2D eigenvalue weighted by molar-refractivity contribution is 5.99. The summed E-state index contributed by atoms with van der Waals surface area (Å²) in [4.78, 5) is 12.6. The lowest BCUT2D eigenvalue weighted by molar-refractivity contribution is -0.141. The third-order valence-corrected chi connectivity index (χ3v) is 2.62. The number of carbonyl (C=O) groups excluding carboxylic acids is 1. The zero-order valence-corrected chi connectivity index (χ0v) is 11.4. The lowest BCUT2D eigenvalue weighted by Crippen LogP contribution is -2.41. The van der Waals surface area contributed by atoms with Crippen LogP contribution in [0.2, 0.25) is 0 Å². The molecule has 1 aromatic carbocycles. The lowest BCUT2D eigenvalue weighted by atomic mass is 10.1. The fourth-order valence-electron chi connectivity index (χ4n) is 1.82. The maximum Gasteiger partial charge on any atom is 0.406 e. The molecule has 0 radical (unpaired) electrons. The minimum Gasteiger partial charge on any atom is -0.395 e. The molecule has 0 atom stereocenters. The van der Waals surface area contributed by atoms with Gasteiger partial charge in [0, 0.05) is 13.1 Å². The normalized spacial score (nSPS) is 11.3. The number of para-hydroxylation sites is 1. The molecule has 118 valence electrons. The van der Waals surface area contributed by atoms with Crippen LogP contribution in [0.3, 0.4) is 0 Å². The van der Waals surface area contributed by atoms with Gasteiger partial charge >= 0.3 is 6.18 Å². The number of aliphatic hydroxyl groups excluding tert-OH is 1. The van der Waals surface area contributed by atoms with E-state index in [-0.39, 0.29) is 11.3 Å². The van der Waals surface area contributed by atoms with Crippen LogP contribution in [-0.4, -0.2) is 48.3 Å². The zero-order valence-electron chi connectivity index (χ0n) is 11.4. The fraction of sp³-hybridized carbons (Fsp3) is 0.462. The van der Waals surface area contributed by atoms with Crippen LogP contribution < -0.4 is 5.32 Å². The maximum atomic E-state index is 13.7. The second-order valence-electron chi connectivity index (χ2n) is 4.26. The minimum atomic E-state index is -4.60. The maximum absolute atomic E-state index is 13.7. The molecular formula is C13H16F4N2O2. The van der Waals surface area contributed by atoms with Gasteiger partial charge in [0.15, 0.2) is 0 Å². The topological polar surface area (TPSA) is 52.6 Å². The van der Waals surface area contributed by atoms with Gasteiger partial charge in [0.05, 0.1) is 17.9 Å². The van der Waals surface area contributed by atoms with Gasteiger partial charge in [-0.15, -0.1) is 0 Å². The Kier molecular flexibility index (Phi) is 5.95. The van der Waals surface area contributed by atoms with E-state index in [1.54, 1.807) is 6.92 Å². The average Bonchev–Trinajstić information content (AvgIpc) is 2.38. The molecule has 0 saturated carbocycles. The van der Waals surface area contributed by atoms with Crippen molar-refractivity contribution in [1.29, 1.82) is 0 Å². The molecule has 0 aromatic heterocycles. The monoisotopic (exact) mass is 308 g/mol. The van der Waals surface area contributed by atoms with E-state index in [0.717, 1.165) is 6.07 Å². The van der Waals surface area contributed by atoms with Gasteiger partial charge in [-0.25, -0.2) is 4.39 Å². The van der Waals surface area contributed by atoms with Crippen LogP contribution in [0.5, 0.6) is 0 Å². The molecule has 0 heterocycles. The molecule has 0 saturated heterocycles. The number of nitrogens with one attached hydrogen (secondary N) is 1. The van der Waals surface area contributed by atoms with Gasteiger partial charge in [-0.2, -0.15) is 13.2 Å². The number of amides is 1. The van der Waals surface area contributed by atoms with E-state index in [1.807, 2.05) is 0 Å². The summed E-state index contributed by atoms with van der Waals surface area (Å²) in [6.07, 6.45) is -4.60. The molecule has 0 aliphatic heterocycles. The minimum absolute atomic E-state index is 0.143. The molecule has 0 bridgehead atoms. The highest BCUT2D eigenvalue weighted by Gasteiger charge is 2.33. The lowest BCUT2D eigenvalue weighted by Gasteiger charge is -2.24.